The number of piperazine rings is 1. The number of amides is 2. The van der Waals surface area contributed by atoms with E-state index < -0.39 is 0 Å². The predicted molar refractivity (Wildman–Crippen MR) is 108 cm³/mol. The zero-order valence-corrected chi connectivity index (χ0v) is 15.9. The lowest BCUT2D eigenvalue weighted by Crippen LogP contribution is -2.49. The molecule has 7 heteroatoms. The number of hydrogen-bond donors (Lipinski definition) is 1. The Morgan fingerprint density at radius 3 is 2.75 bits per heavy atom. The zero-order chi connectivity index (χ0) is 19.5. The largest absolute Gasteiger partial charge is 0.460 e. The lowest BCUT2D eigenvalue weighted by Gasteiger charge is -2.34. The van der Waals surface area contributed by atoms with Crippen LogP contribution in [-0.2, 0) is 6.54 Å². The van der Waals surface area contributed by atoms with Crippen LogP contribution in [0.25, 0.3) is 11.0 Å². The van der Waals surface area contributed by atoms with Crippen molar-refractivity contribution in [2.75, 3.05) is 31.5 Å². The second kappa shape index (κ2) is 7.93. The predicted octanol–water partition coefficient (Wildman–Crippen LogP) is 4.31. The molecule has 0 bridgehead atoms. The topological polar surface area (TPSA) is 72.5 Å². The third-order valence-electron chi connectivity index (χ3n) is 4.81. The number of fused-ring (bicyclic) bond motifs is 1. The van der Waals surface area contributed by atoms with Gasteiger partial charge in [-0.05, 0) is 42.5 Å². The second-order valence-electron chi connectivity index (χ2n) is 6.78. The Morgan fingerprint density at radius 2 is 1.96 bits per heavy atom. The van der Waals surface area contributed by atoms with Gasteiger partial charge in [-0.1, -0.05) is 17.7 Å². The van der Waals surface area contributed by atoms with Gasteiger partial charge in [-0.15, -0.1) is 0 Å². The van der Waals surface area contributed by atoms with Crippen LogP contribution >= 0.6 is 11.6 Å². The highest BCUT2D eigenvalue weighted by atomic mass is 35.5. The van der Waals surface area contributed by atoms with Crippen LogP contribution in [0.5, 0.6) is 0 Å². The fourth-order valence-electron chi connectivity index (χ4n) is 3.35. The average molecular weight is 395 g/mol. The third kappa shape index (κ3) is 4.11. The number of carbonyl (C=O) groups is 1. The summed E-state index contributed by atoms with van der Waals surface area (Å²) in [6.45, 7) is 3.50. The molecule has 0 spiro atoms. The van der Waals surface area contributed by atoms with Crippen molar-refractivity contribution in [3.63, 3.8) is 0 Å². The number of nitrogens with one attached hydrogen (secondary N) is 1. The Balaban J connectivity index is 1.32. The maximum atomic E-state index is 12.5. The van der Waals surface area contributed by atoms with Crippen molar-refractivity contribution in [2.24, 2.45) is 0 Å². The zero-order valence-electron chi connectivity index (χ0n) is 15.2. The molecule has 0 unspecified atom stereocenters. The van der Waals surface area contributed by atoms with Crippen molar-refractivity contribution in [3.8, 4) is 6.07 Å². The van der Waals surface area contributed by atoms with Crippen LogP contribution < -0.4 is 5.32 Å². The minimum atomic E-state index is -0.145. The first-order chi connectivity index (χ1) is 13.6. The highest BCUT2D eigenvalue weighted by Gasteiger charge is 2.22. The van der Waals surface area contributed by atoms with Gasteiger partial charge in [0.05, 0.1) is 18.2 Å². The maximum Gasteiger partial charge on any atom is 0.321 e. The molecule has 28 heavy (non-hydrogen) atoms. The molecule has 0 saturated carbocycles. The van der Waals surface area contributed by atoms with E-state index in [2.05, 4.69) is 16.3 Å². The molecule has 1 fully saturated rings. The van der Waals surface area contributed by atoms with Crippen molar-refractivity contribution in [3.05, 3.63) is 64.9 Å². The first-order valence-corrected chi connectivity index (χ1v) is 9.45. The molecule has 1 N–H and O–H groups in total. The lowest BCUT2D eigenvalue weighted by atomic mass is 10.2. The molecular weight excluding hydrogens is 376 g/mol. The van der Waals surface area contributed by atoms with Gasteiger partial charge in [0.15, 0.2) is 0 Å². The minimum absolute atomic E-state index is 0.145. The summed E-state index contributed by atoms with van der Waals surface area (Å²) in [5, 5.41) is 13.5. The van der Waals surface area contributed by atoms with Crippen LogP contribution in [-0.4, -0.2) is 42.0 Å². The number of anilines is 1. The van der Waals surface area contributed by atoms with Gasteiger partial charge in [0, 0.05) is 42.3 Å². The Morgan fingerprint density at radius 1 is 1.14 bits per heavy atom. The minimum Gasteiger partial charge on any atom is -0.460 e. The number of halogens is 1. The Hall–Kier alpha value is -3.01. The van der Waals surface area contributed by atoms with Gasteiger partial charge in [0.2, 0.25) is 0 Å². The number of nitrogens with zero attached hydrogens (tertiary/aromatic N) is 3. The third-order valence-corrected chi connectivity index (χ3v) is 5.05. The van der Waals surface area contributed by atoms with Gasteiger partial charge >= 0.3 is 6.03 Å². The highest BCUT2D eigenvalue weighted by Crippen LogP contribution is 2.24. The molecule has 2 amide bonds. The highest BCUT2D eigenvalue weighted by molar-refractivity contribution is 6.31. The van der Waals surface area contributed by atoms with Crippen LogP contribution in [0.15, 0.2) is 52.9 Å². The fraction of sp³-hybridized carbons (Fsp3) is 0.238. The van der Waals surface area contributed by atoms with Crippen molar-refractivity contribution in [2.45, 2.75) is 6.54 Å². The first kappa shape index (κ1) is 18.4. The number of carbonyl (C=O) groups excluding carboxylic acids is 1. The van der Waals surface area contributed by atoms with Gasteiger partial charge in [0.25, 0.3) is 0 Å². The number of hydrogen-bond acceptors (Lipinski definition) is 4. The molecule has 0 radical (unpaired) electrons. The first-order valence-electron chi connectivity index (χ1n) is 9.07. The molecule has 1 aliphatic heterocycles. The van der Waals surface area contributed by atoms with Crippen LogP contribution in [0.1, 0.15) is 11.3 Å². The summed E-state index contributed by atoms with van der Waals surface area (Å²) < 4.78 is 5.88. The smallest absolute Gasteiger partial charge is 0.321 e. The summed E-state index contributed by atoms with van der Waals surface area (Å²) in [6, 6.07) is 16.5. The summed E-state index contributed by atoms with van der Waals surface area (Å²) in [5.41, 5.74) is 1.99. The second-order valence-corrected chi connectivity index (χ2v) is 7.22. The van der Waals surface area contributed by atoms with E-state index in [1.807, 2.05) is 24.3 Å². The van der Waals surface area contributed by atoms with E-state index >= 15 is 0 Å². The summed E-state index contributed by atoms with van der Waals surface area (Å²) in [5.74, 6) is 0.892. The molecule has 1 aromatic heterocycles. The van der Waals surface area contributed by atoms with E-state index in [-0.39, 0.29) is 6.03 Å². The van der Waals surface area contributed by atoms with E-state index in [1.165, 1.54) is 0 Å². The van der Waals surface area contributed by atoms with Crippen molar-refractivity contribution < 1.29 is 9.21 Å². The molecule has 2 heterocycles. The summed E-state index contributed by atoms with van der Waals surface area (Å²) in [6.07, 6.45) is 0. The standard InChI is InChI=1S/C21H19ClN4O2/c22-17-4-5-20-16(11-17)12-19(28-20)14-25-6-8-26(9-7-25)21(27)24-18-3-1-2-15(10-18)13-23/h1-5,10-12H,6-9,14H2,(H,24,27). The van der Waals surface area contributed by atoms with Crippen LogP contribution in [0, 0.1) is 11.3 Å². The average Bonchev–Trinajstić information content (AvgIpc) is 3.10. The number of urea groups is 1. The Kier molecular flexibility index (Phi) is 5.20. The molecule has 6 nitrogen and oxygen atoms in total. The quantitative estimate of drug-likeness (QED) is 0.718. The monoisotopic (exact) mass is 394 g/mol. The Bertz CT molecular complexity index is 1050. The SMILES string of the molecule is N#Cc1cccc(NC(=O)N2CCN(Cc3cc4cc(Cl)ccc4o3)CC2)c1. The van der Waals surface area contributed by atoms with Gasteiger partial charge in [-0.25, -0.2) is 4.79 Å². The van der Waals surface area contributed by atoms with E-state index in [0.29, 0.717) is 35.9 Å². The summed E-state index contributed by atoms with van der Waals surface area (Å²) in [7, 11) is 0. The number of rotatable bonds is 3. The van der Waals surface area contributed by atoms with Crippen LogP contribution in [0.2, 0.25) is 5.02 Å². The molecular formula is C21H19ClN4O2. The molecule has 0 atom stereocenters. The maximum absolute atomic E-state index is 12.5. The molecule has 1 saturated heterocycles. The molecule has 0 aliphatic carbocycles. The number of nitriles is 1. The molecule has 3 aromatic rings. The van der Waals surface area contributed by atoms with Crippen molar-refractivity contribution >= 4 is 34.3 Å². The van der Waals surface area contributed by atoms with Gasteiger partial charge in [-0.2, -0.15) is 5.26 Å². The van der Waals surface area contributed by atoms with E-state index in [1.54, 1.807) is 29.2 Å². The normalized spacial score (nSPS) is 14.8. The van der Waals surface area contributed by atoms with Gasteiger partial charge < -0.3 is 14.6 Å². The van der Waals surface area contributed by atoms with E-state index in [4.69, 9.17) is 21.3 Å². The summed E-state index contributed by atoms with van der Waals surface area (Å²) in [4.78, 5) is 16.5. The molecule has 4 rings (SSSR count). The van der Waals surface area contributed by atoms with Crippen molar-refractivity contribution in [1.29, 1.82) is 5.26 Å². The molecule has 142 valence electrons. The molecule has 1 aliphatic rings. The Labute approximate surface area is 167 Å². The van der Waals surface area contributed by atoms with Gasteiger partial charge in [-0.3, -0.25) is 4.90 Å². The number of furan rings is 1. The van der Waals surface area contributed by atoms with Crippen LogP contribution in [0.3, 0.4) is 0 Å². The van der Waals surface area contributed by atoms with E-state index in [0.717, 1.165) is 29.8 Å². The number of benzene rings is 2. The lowest BCUT2D eigenvalue weighted by molar-refractivity contribution is 0.137. The van der Waals surface area contributed by atoms with E-state index in [9.17, 15) is 4.79 Å². The van der Waals surface area contributed by atoms with Crippen LogP contribution in [0.4, 0.5) is 10.5 Å². The van der Waals surface area contributed by atoms with Gasteiger partial charge in [0.1, 0.15) is 11.3 Å². The summed E-state index contributed by atoms with van der Waals surface area (Å²) >= 11 is 6.03. The molecule has 2 aromatic carbocycles. The van der Waals surface area contributed by atoms with Crippen molar-refractivity contribution in [1.82, 2.24) is 9.80 Å². The fourth-order valence-corrected chi connectivity index (χ4v) is 3.53.